The second-order valence-corrected chi connectivity index (χ2v) is 6.42. The van der Waals surface area contributed by atoms with E-state index < -0.39 is 0 Å². The molecule has 0 aliphatic carbocycles. The number of aromatic nitrogens is 1. The zero-order valence-corrected chi connectivity index (χ0v) is 11.2. The summed E-state index contributed by atoms with van der Waals surface area (Å²) in [4.78, 5) is 5.71. The van der Waals surface area contributed by atoms with Crippen LogP contribution in [-0.2, 0) is 0 Å². The molecule has 2 N–H and O–H groups in total. The molecule has 1 aliphatic rings. The Balaban J connectivity index is 1.86. The molecule has 1 aromatic rings. The van der Waals surface area contributed by atoms with Gasteiger partial charge in [-0.1, -0.05) is 6.92 Å². The van der Waals surface area contributed by atoms with Crippen LogP contribution in [0.1, 0.15) is 36.2 Å². The average molecular weight is 239 g/mol. The molecular formula is C12H21N3S. The van der Waals surface area contributed by atoms with Gasteiger partial charge in [-0.3, -0.25) is 0 Å². The number of aryl methyl sites for hydroxylation is 1. The number of thiazole rings is 1. The van der Waals surface area contributed by atoms with E-state index in [4.69, 9.17) is 0 Å². The summed E-state index contributed by atoms with van der Waals surface area (Å²) in [5.41, 5.74) is 0.417. The molecule has 0 saturated carbocycles. The minimum Gasteiger partial charge on any atom is -0.316 e. The highest BCUT2D eigenvalue weighted by Crippen LogP contribution is 2.25. The third-order valence-electron chi connectivity index (χ3n) is 3.30. The van der Waals surface area contributed by atoms with Crippen LogP contribution in [0.2, 0.25) is 0 Å². The van der Waals surface area contributed by atoms with Gasteiger partial charge in [0, 0.05) is 24.2 Å². The van der Waals surface area contributed by atoms with E-state index in [2.05, 4.69) is 36.4 Å². The first-order chi connectivity index (χ1) is 7.59. The van der Waals surface area contributed by atoms with Crippen molar-refractivity contribution >= 4 is 11.3 Å². The summed E-state index contributed by atoms with van der Waals surface area (Å²) in [7, 11) is 0. The molecule has 1 aliphatic heterocycles. The monoisotopic (exact) mass is 239 g/mol. The van der Waals surface area contributed by atoms with Crippen molar-refractivity contribution in [3.8, 4) is 0 Å². The van der Waals surface area contributed by atoms with Crippen molar-refractivity contribution in [3.05, 3.63) is 16.1 Å². The fourth-order valence-corrected chi connectivity index (χ4v) is 2.88. The molecule has 4 heteroatoms. The summed E-state index contributed by atoms with van der Waals surface area (Å²) in [6.07, 6.45) is 3.22. The highest BCUT2D eigenvalue weighted by molar-refractivity contribution is 7.11. The molecule has 1 aromatic heterocycles. The maximum Gasteiger partial charge on any atom is 0.109 e. The largest absolute Gasteiger partial charge is 0.316 e. The zero-order chi connectivity index (χ0) is 11.6. The van der Waals surface area contributed by atoms with Crippen LogP contribution in [-0.4, -0.2) is 24.6 Å². The Morgan fingerprint density at radius 2 is 2.50 bits per heavy atom. The Bertz CT molecular complexity index is 342. The van der Waals surface area contributed by atoms with E-state index in [1.165, 1.54) is 16.3 Å². The topological polar surface area (TPSA) is 37.0 Å². The van der Waals surface area contributed by atoms with Gasteiger partial charge < -0.3 is 10.6 Å². The van der Waals surface area contributed by atoms with Crippen molar-refractivity contribution in [3.63, 3.8) is 0 Å². The van der Waals surface area contributed by atoms with E-state index in [1.54, 1.807) is 11.3 Å². The van der Waals surface area contributed by atoms with E-state index in [9.17, 15) is 0 Å². The van der Waals surface area contributed by atoms with Gasteiger partial charge in [0.15, 0.2) is 0 Å². The summed E-state index contributed by atoms with van der Waals surface area (Å²) < 4.78 is 0. The molecule has 1 fully saturated rings. The number of nitrogens with zero attached hydrogens (tertiary/aromatic N) is 1. The molecule has 2 unspecified atom stereocenters. The lowest BCUT2D eigenvalue weighted by atomic mass is 9.90. The van der Waals surface area contributed by atoms with Gasteiger partial charge in [0.25, 0.3) is 0 Å². The van der Waals surface area contributed by atoms with E-state index in [-0.39, 0.29) is 0 Å². The number of hydrogen-bond acceptors (Lipinski definition) is 4. The van der Waals surface area contributed by atoms with Crippen molar-refractivity contribution in [2.45, 2.75) is 33.2 Å². The van der Waals surface area contributed by atoms with Gasteiger partial charge in [-0.2, -0.15) is 0 Å². The average Bonchev–Trinajstić information content (AvgIpc) is 2.85. The van der Waals surface area contributed by atoms with Crippen LogP contribution in [0.5, 0.6) is 0 Å². The van der Waals surface area contributed by atoms with Gasteiger partial charge in [-0.15, -0.1) is 11.3 Å². The summed E-state index contributed by atoms with van der Waals surface area (Å²) >= 11 is 1.79. The molecule has 3 nitrogen and oxygen atoms in total. The zero-order valence-electron chi connectivity index (χ0n) is 10.3. The highest BCUT2D eigenvalue weighted by Gasteiger charge is 2.28. The Kier molecular flexibility index (Phi) is 3.62. The first-order valence-electron chi connectivity index (χ1n) is 5.95. The Morgan fingerprint density at radius 1 is 1.69 bits per heavy atom. The second-order valence-electron chi connectivity index (χ2n) is 5.15. The van der Waals surface area contributed by atoms with Gasteiger partial charge in [0.1, 0.15) is 5.01 Å². The van der Waals surface area contributed by atoms with Gasteiger partial charge >= 0.3 is 0 Å². The number of hydrogen-bond donors (Lipinski definition) is 2. The van der Waals surface area contributed by atoms with Crippen LogP contribution in [0, 0.1) is 12.3 Å². The van der Waals surface area contributed by atoms with Gasteiger partial charge in [0.05, 0.1) is 6.04 Å². The van der Waals surface area contributed by atoms with E-state index in [0.29, 0.717) is 11.5 Å². The fourth-order valence-electron chi connectivity index (χ4n) is 2.08. The summed E-state index contributed by atoms with van der Waals surface area (Å²) in [5, 5.41) is 8.23. The molecule has 16 heavy (non-hydrogen) atoms. The second kappa shape index (κ2) is 4.82. The van der Waals surface area contributed by atoms with Crippen LogP contribution < -0.4 is 10.6 Å². The van der Waals surface area contributed by atoms with Crippen molar-refractivity contribution in [2.75, 3.05) is 19.6 Å². The smallest absolute Gasteiger partial charge is 0.109 e. The minimum absolute atomic E-state index is 0.371. The van der Waals surface area contributed by atoms with Crippen LogP contribution in [0.25, 0.3) is 0 Å². The molecule has 1 saturated heterocycles. The fraction of sp³-hybridized carbons (Fsp3) is 0.750. The van der Waals surface area contributed by atoms with Gasteiger partial charge in [0.2, 0.25) is 0 Å². The molecule has 0 aromatic carbocycles. The van der Waals surface area contributed by atoms with Crippen LogP contribution in [0.15, 0.2) is 6.20 Å². The van der Waals surface area contributed by atoms with Crippen molar-refractivity contribution in [1.29, 1.82) is 0 Å². The maximum atomic E-state index is 4.42. The van der Waals surface area contributed by atoms with E-state index in [0.717, 1.165) is 19.6 Å². The highest BCUT2D eigenvalue weighted by atomic mass is 32.1. The van der Waals surface area contributed by atoms with Crippen LogP contribution in [0.3, 0.4) is 0 Å². The lowest BCUT2D eigenvalue weighted by molar-refractivity contribution is 0.324. The standard InChI is InChI=1S/C12H21N3S/c1-9-6-14-11(16-9)10(2)15-8-12(3)4-5-13-7-12/h6,10,13,15H,4-5,7-8H2,1-3H3. The molecule has 0 amide bonds. The third kappa shape index (κ3) is 2.81. The van der Waals surface area contributed by atoms with Crippen molar-refractivity contribution in [2.24, 2.45) is 5.41 Å². The van der Waals surface area contributed by atoms with Crippen molar-refractivity contribution in [1.82, 2.24) is 15.6 Å². The molecule has 0 bridgehead atoms. The molecule has 90 valence electrons. The molecule has 2 rings (SSSR count). The lowest BCUT2D eigenvalue weighted by Gasteiger charge is -2.25. The molecular weight excluding hydrogens is 218 g/mol. The number of nitrogens with one attached hydrogen (secondary N) is 2. The summed E-state index contributed by atoms with van der Waals surface area (Å²) in [6, 6.07) is 0.371. The van der Waals surface area contributed by atoms with Crippen molar-refractivity contribution < 1.29 is 0 Å². The Labute approximate surface area is 102 Å². The quantitative estimate of drug-likeness (QED) is 0.845. The van der Waals surface area contributed by atoms with Gasteiger partial charge in [-0.25, -0.2) is 4.98 Å². The first-order valence-corrected chi connectivity index (χ1v) is 6.77. The molecule has 0 spiro atoms. The predicted octanol–water partition coefficient (Wildman–Crippen LogP) is 2.10. The lowest BCUT2D eigenvalue weighted by Crippen LogP contribution is -2.34. The Morgan fingerprint density at radius 3 is 3.06 bits per heavy atom. The molecule has 0 radical (unpaired) electrons. The maximum absolute atomic E-state index is 4.42. The van der Waals surface area contributed by atoms with Crippen LogP contribution in [0.4, 0.5) is 0 Å². The number of rotatable bonds is 4. The molecule has 2 heterocycles. The Hall–Kier alpha value is -0.450. The predicted molar refractivity (Wildman–Crippen MR) is 68.9 cm³/mol. The summed E-state index contributed by atoms with van der Waals surface area (Å²) in [5.74, 6) is 0. The van der Waals surface area contributed by atoms with E-state index in [1.807, 2.05) is 6.20 Å². The minimum atomic E-state index is 0.371. The van der Waals surface area contributed by atoms with Crippen LogP contribution >= 0.6 is 11.3 Å². The van der Waals surface area contributed by atoms with Gasteiger partial charge in [-0.05, 0) is 32.2 Å². The van der Waals surface area contributed by atoms with E-state index >= 15 is 0 Å². The normalized spacial score (nSPS) is 27.2. The third-order valence-corrected chi connectivity index (χ3v) is 4.40. The first kappa shape index (κ1) is 12.0. The SMILES string of the molecule is Cc1cnc(C(C)NCC2(C)CCNC2)s1. The molecule has 2 atom stereocenters. The summed E-state index contributed by atoms with van der Waals surface area (Å²) in [6.45, 7) is 10.0.